The lowest BCUT2D eigenvalue weighted by atomic mass is 9.78. The van der Waals surface area contributed by atoms with Crippen LogP contribution in [0.1, 0.15) is 17.5 Å². The smallest absolute Gasteiger partial charge is 0.248 e. The number of methoxy groups -OCH3 is 1. The number of aromatic nitrogens is 2. The van der Waals surface area contributed by atoms with Gasteiger partial charge in [0, 0.05) is 16.7 Å². The first-order valence-corrected chi connectivity index (χ1v) is 8.71. The first kappa shape index (κ1) is 17.6. The molecular weight excluding hydrogens is 349 g/mol. The minimum atomic E-state index is -0.591. The summed E-state index contributed by atoms with van der Waals surface area (Å²) in [4.78, 5) is 0. The van der Waals surface area contributed by atoms with Crippen LogP contribution in [0.25, 0.3) is 22.9 Å². The SMILES string of the molecule is COc1ccc(-c2nnc(-c3ccc4c(c3)C[C@](N)(CO)CC4)o2)cc1F. The van der Waals surface area contributed by atoms with Crippen molar-refractivity contribution in [2.45, 2.75) is 24.8 Å². The average Bonchev–Trinajstić information content (AvgIpc) is 3.17. The molecule has 1 aliphatic rings. The van der Waals surface area contributed by atoms with E-state index in [2.05, 4.69) is 10.2 Å². The van der Waals surface area contributed by atoms with E-state index >= 15 is 0 Å². The number of hydrogen-bond acceptors (Lipinski definition) is 6. The monoisotopic (exact) mass is 369 g/mol. The first-order valence-electron chi connectivity index (χ1n) is 8.71. The van der Waals surface area contributed by atoms with Crippen LogP contribution in [0.15, 0.2) is 40.8 Å². The fourth-order valence-corrected chi connectivity index (χ4v) is 3.41. The number of aliphatic hydroxyl groups excluding tert-OH is 1. The number of aliphatic hydroxyl groups is 1. The summed E-state index contributed by atoms with van der Waals surface area (Å²) in [6.07, 6.45) is 2.17. The first-order chi connectivity index (χ1) is 13.0. The molecule has 0 fully saturated rings. The molecule has 0 saturated heterocycles. The third-order valence-corrected chi connectivity index (χ3v) is 5.03. The van der Waals surface area contributed by atoms with Gasteiger partial charge in [-0.05, 0) is 60.7 Å². The van der Waals surface area contributed by atoms with E-state index in [1.54, 1.807) is 6.07 Å². The van der Waals surface area contributed by atoms with Crippen molar-refractivity contribution in [1.29, 1.82) is 0 Å². The van der Waals surface area contributed by atoms with Crippen molar-refractivity contribution in [3.63, 3.8) is 0 Å². The number of hydrogen-bond donors (Lipinski definition) is 2. The second-order valence-electron chi connectivity index (χ2n) is 6.94. The summed E-state index contributed by atoms with van der Waals surface area (Å²) >= 11 is 0. The quantitative estimate of drug-likeness (QED) is 0.734. The van der Waals surface area contributed by atoms with E-state index in [0.29, 0.717) is 17.9 Å². The highest BCUT2D eigenvalue weighted by atomic mass is 19.1. The maximum atomic E-state index is 13.9. The molecule has 140 valence electrons. The van der Waals surface area contributed by atoms with E-state index < -0.39 is 11.4 Å². The molecule has 2 aromatic carbocycles. The van der Waals surface area contributed by atoms with Crippen LogP contribution in [0.3, 0.4) is 0 Å². The Hall–Kier alpha value is -2.77. The van der Waals surface area contributed by atoms with E-state index in [-0.39, 0.29) is 18.2 Å². The van der Waals surface area contributed by atoms with Gasteiger partial charge < -0.3 is 20.0 Å². The van der Waals surface area contributed by atoms with Crippen molar-refractivity contribution in [3.8, 4) is 28.7 Å². The molecule has 6 nitrogen and oxygen atoms in total. The minimum absolute atomic E-state index is 0.0512. The van der Waals surface area contributed by atoms with Crippen molar-refractivity contribution < 1.29 is 18.7 Å². The number of nitrogens with zero attached hydrogens (tertiary/aromatic N) is 2. The molecule has 0 unspecified atom stereocenters. The van der Waals surface area contributed by atoms with Crippen LogP contribution < -0.4 is 10.5 Å². The van der Waals surface area contributed by atoms with Crippen LogP contribution in [-0.4, -0.2) is 34.6 Å². The van der Waals surface area contributed by atoms with Crippen molar-refractivity contribution >= 4 is 0 Å². The van der Waals surface area contributed by atoms with Crippen LogP contribution in [0.2, 0.25) is 0 Å². The highest BCUT2D eigenvalue weighted by Gasteiger charge is 2.30. The summed E-state index contributed by atoms with van der Waals surface area (Å²) < 4.78 is 24.6. The molecule has 1 heterocycles. The van der Waals surface area contributed by atoms with Gasteiger partial charge in [0.2, 0.25) is 11.8 Å². The Balaban J connectivity index is 1.64. The highest BCUT2D eigenvalue weighted by Crippen LogP contribution is 2.32. The summed E-state index contributed by atoms with van der Waals surface area (Å²) in [6, 6.07) is 10.4. The normalized spacial score (nSPS) is 19.0. The Morgan fingerprint density at radius 1 is 1.15 bits per heavy atom. The number of aryl methyl sites for hydroxylation is 1. The average molecular weight is 369 g/mol. The van der Waals surface area contributed by atoms with Gasteiger partial charge in [0.15, 0.2) is 11.6 Å². The summed E-state index contributed by atoms with van der Waals surface area (Å²) in [5.41, 5.74) is 9.17. The van der Waals surface area contributed by atoms with E-state index in [1.807, 2.05) is 18.2 Å². The van der Waals surface area contributed by atoms with Crippen molar-refractivity contribution in [2.24, 2.45) is 5.73 Å². The highest BCUT2D eigenvalue weighted by molar-refractivity contribution is 5.60. The lowest BCUT2D eigenvalue weighted by molar-refractivity contribution is 0.181. The summed E-state index contributed by atoms with van der Waals surface area (Å²) in [5.74, 6) is 0.239. The molecule has 0 bridgehead atoms. The zero-order chi connectivity index (χ0) is 19.0. The third kappa shape index (κ3) is 3.31. The minimum Gasteiger partial charge on any atom is -0.494 e. The van der Waals surface area contributed by atoms with Crippen LogP contribution >= 0.6 is 0 Å². The molecule has 0 spiro atoms. The number of halogens is 1. The molecular formula is C20H20FN3O3. The molecule has 1 aromatic heterocycles. The number of rotatable bonds is 4. The molecule has 27 heavy (non-hydrogen) atoms. The lowest BCUT2D eigenvalue weighted by Gasteiger charge is -2.33. The molecule has 0 aliphatic heterocycles. The van der Waals surface area contributed by atoms with E-state index in [1.165, 1.54) is 24.8 Å². The predicted octanol–water partition coefficient (Wildman–Crippen LogP) is 2.73. The second-order valence-corrected chi connectivity index (χ2v) is 6.94. The zero-order valence-electron chi connectivity index (χ0n) is 14.9. The largest absolute Gasteiger partial charge is 0.494 e. The van der Waals surface area contributed by atoms with Gasteiger partial charge in [-0.3, -0.25) is 0 Å². The second kappa shape index (κ2) is 6.75. The Bertz CT molecular complexity index is 988. The van der Waals surface area contributed by atoms with Gasteiger partial charge in [-0.15, -0.1) is 10.2 Å². The van der Waals surface area contributed by atoms with Crippen LogP contribution in [-0.2, 0) is 12.8 Å². The third-order valence-electron chi connectivity index (χ3n) is 5.03. The molecule has 7 heteroatoms. The molecule has 1 atom stereocenters. The van der Waals surface area contributed by atoms with Gasteiger partial charge in [-0.2, -0.15) is 0 Å². The van der Waals surface area contributed by atoms with Gasteiger partial charge in [0.25, 0.3) is 0 Å². The maximum Gasteiger partial charge on any atom is 0.248 e. The van der Waals surface area contributed by atoms with Gasteiger partial charge in [-0.25, -0.2) is 4.39 Å². The topological polar surface area (TPSA) is 94.4 Å². The van der Waals surface area contributed by atoms with Crippen molar-refractivity contribution in [2.75, 3.05) is 13.7 Å². The van der Waals surface area contributed by atoms with Crippen LogP contribution in [0.5, 0.6) is 5.75 Å². The molecule has 0 amide bonds. The Morgan fingerprint density at radius 3 is 2.52 bits per heavy atom. The maximum absolute atomic E-state index is 13.9. The summed E-state index contributed by atoms with van der Waals surface area (Å²) in [7, 11) is 1.41. The Kier molecular flexibility index (Phi) is 4.41. The standard InChI is InChI=1S/C20H20FN3O3/c1-26-17-5-4-14(9-16(17)21)19-24-23-18(27-19)13-3-2-12-6-7-20(22,11-25)10-15(12)8-13/h2-5,8-9,25H,6-7,10-11,22H2,1H3/t20-/m0/s1. The van der Waals surface area contributed by atoms with E-state index in [9.17, 15) is 9.50 Å². The molecule has 3 N–H and O–H groups in total. The summed E-state index contributed by atoms with van der Waals surface area (Å²) in [5, 5.41) is 17.7. The van der Waals surface area contributed by atoms with Crippen molar-refractivity contribution in [3.05, 3.63) is 53.3 Å². The van der Waals surface area contributed by atoms with Gasteiger partial charge in [0.1, 0.15) is 0 Å². The Labute approximate surface area is 155 Å². The lowest BCUT2D eigenvalue weighted by Crippen LogP contribution is -2.48. The van der Waals surface area contributed by atoms with Gasteiger partial charge in [-0.1, -0.05) is 6.07 Å². The van der Waals surface area contributed by atoms with E-state index in [0.717, 1.165) is 24.0 Å². The summed E-state index contributed by atoms with van der Waals surface area (Å²) in [6.45, 7) is -0.0512. The van der Waals surface area contributed by atoms with Gasteiger partial charge in [0.05, 0.1) is 13.7 Å². The van der Waals surface area contributed by atoms with Crippen LogP contribution in [0.4, 0.5) is 4.39 Å². The molecule has 0 saturated carbocycles. The molecule has 1 aliphatic carbocycles. The number of benzene rings is 2. The Morgan fingerprint density at radius 2 is 1.85 bits per heavy atom. The van der Waals surface area contributed by atoms with Crippen LogP contribution in [0, 0.1) is 5.82 Å². The van der Waals surface area contributed by atoms with E-state index in [4.69, 9.17) is 14.9 Å². The molecule has 0 radical (unpaired) electrons. The van der Waals surface area contributed by atoms with Crippen molar-refractivity contribution in [1.82, 2.24) is 10.2 Å². The number of ether oxygens (including phenoxy) is 1. The number of nitrogens with two attached hydrogens (primary N) is 1. The predicted molar refractivity (Wildman–Crippen MR) is 97.7 cm³/mol. The molecule has 3 aromatic rings. The fourth-order valence-electron chi connectivity index (χ4n) is 3.41. The fraction of sp³-hybridized carbons (Fsp3) is 0.300. The molecule has 4 rings (SSSR count). The van der Waals surface area contributed by atoms with Gasteiger partial charge >= 0.3 is 0 Å². The number of fused-ring (bicyclic) bond motifs is 1. The zero-order valence-corrected chi connectivity index (χ0v) is 14.9.